The number of anilines is 2. The Morgan fingerprint density at radius 2 is 1.87 bits per heavy atom. The quantitative estimate of drug-likeness (QED) is 0.669. The number of benzene rings is 1. The monoisotopic (exact) mass is 421 g/mol. The molecule has 0 radical (unpaired) electrons. The van der Waals surface area contributed by atoms with E-state index in [1.165, 1.54) is 18.6 Å². The molecule has 1 saturated heterocycles. The van der Waals surface area contributed by atoms with E-state index in [-0.39, 0.29) is 12.3 Å². The summed E-state index contributed by atoms with van der Waals surface area (Å²) in [6, 6.07) is 6.77. The number of nitrogens with zero attached hydrogens (tertiary/aromatic N) is 3. The topological polar surface area (TPSA) is 70.2 Å². The van der Waals surface area contributed by atoms with Crippen LogP contribution < -0.4 is 15.5 Å². The van der Waals surface area contributed by atoms with Gasteiger partial charge in [-0.2, -0.15) is 18.2 Å². The van der Waals surface area contributed by atoms with Gasteiger partial charge in [0.1, 0.15) is 5.82 Å². The zero-order valence-electron chi connectivity index (χ0n) is 16.9. The third-order valence-corrected chi connectivity index (χ3v) is 4.87. The number of amides is 1. The number of piperidine rings is 1. The van der Waals surface area contributed by atoms with Gasteiger partial charge in [0, 0.05) is 37.9 Å². The van der Waals surface area contributed by atoms with Crippen molar-refractivity contribution >= 4 is 17.7 Å². The Balaban J connectivity index is 1.47. The zero-order chi connectivity index (χ0) is 21.6. The summed E-state index contributed by atoms with van der Waals surface area (Å²) in [7, 11) is 0. The summed E-state index contributed by atoms with van der Waals surface area (Å²) in [5.41, 5.74) is 0.431. The first-order chi connectivity index (χ1) is 14.3. The Bertz CT molecular complexity index is 866. The lowest BCUT2D eigenvalue weighted by Crippen LogP contribution is -2.31. The van der Waals surface area contributed by atoms with Crippen molar-refractivity contribution in [3.05, 3.63) is 47.2 Å². The highest BCUT2D eigenvalue weighted by molar-refractivity contribution is 5.78. The van der Waals surface area contributed by atoms with Gasteiger partial charge in [-0.25, -0.2) is 4.98 Å². The lowest BCUT2D eigenvalue weighted by atomic mass is 10.1. The van der Waals surface area contributed by atoms with Crippen molar-refractivity contribution in [3.63, 3.8) is 0 Å². The molecule has 2 heterocycles. The molecule has 6 nitrogen and oxygen atoms in total. The van der Waals surface area contributed by atoms with Gasteiger partial charge in [-0.3, -0.25) is 4.79 Å². The SMILES string of the molecule is Cc1cc(N2CCCCC2)nc(NCCNC(=O)Cc2cccc(C(F)(F)F)c2)n1. The molecule has 30 heavy (non-hydrogen) atoms. The van der Waals surface area contributed by atoms with Gasteiger partial charge in [-0.05, 0) is 37.8 Å². The van der Waals surface area contributed by atoms with Crippen LogP contribution in [0.1, 0.15) is 36.1 Å². The van der Waals surface area contributed by atoms with Crippen molar-refractivity contribution in [1.82, 2.24) is 15.3 Å². The molecule has 0 unspecified atom stereocenters. The van der Waals surface area contributed by atoms with E-state index in [0.717, 1.165) is 49.6 Å². The Labute approximate surface area is 173 Å². The summed E-state index contributed by atoms with van der Waals surface area (Å²) >= 11 is 0. The molecular weight excluding hydrogens is 395 g/mol. The summed E-state index contributed by atoms with van der Waals surface area (Å²) in [5, 5.41) is 5.80. The van der Waals surface area contributed by atoms with Crippen LogP contribution in [0.25, 0.3) is 0 Å². The number of carbonyl (C=O) groups excluding carboxylic acids is 1. The van der Waals surface area contributed by atoms with Crippen molar-refractivity contribution in [1.29, 1.82) is 0 Å². The highest BCUT2D eigenvalue weighted by atomic mass is 19.4. The van der Waals surface area contributed by atoms with Crippen LogP contribution >= 0.6 is 0 Å². The van der Waals surface area contributed by atoms with Gasteiger partial charge in [0.2, 0.25) is 11.9 Å². The number of hydrogen-bond donors (Lipinski definition) is 2. The molecule has 1 fully saturated rings. The first-order valence-electron chi connectivity index (χ1n) is 10.1. The minimum Gasteiger partial charge on any atom is -0.356 e. The first-order valence-corrected chi connectivity index (χ1v) is 10.1. The molecule has 1 aliphatic heterocycles. The van der Waals surface area contributed by atoms with Crippen LogP contribution in [-0.4, -0.2) is 42.1 Å². The molecule has 162 valence electrons. The van der Waals surface area contributed by atoms with E-state index in [0.29, 0.717) is 24.6 Å². The number of alkyl halides is 3. The van der Waals surface area contributed by atoms with E-state index >= 15 is 0 Å². The molecule has 3 rings (SSSR count). The third kappa shape index (κ3) is 6.33. The summed E-state index contributed by atoms with van der Waals surface area (Å²) in [6.07, 6.45) is -0.972. The van der Waals surface area contributed by atoms with E-state index in [2.05, 4.69) is 25.5 Å². The van der Waals surface area contributed by atoms with E-state index in [9.17, 15) is 18.0 Å². The van der Waals surface area contributed by atoms with Gasteiger partial charge in [0.15, 0.2) is 0 Å². The summed E-state index contributed by atoms with van der Waals surface area (Å²) < 4.78 is 38.3. The molecule has 1 aliphatic rings. The third-order valence-electron chi connectivity index (χ3n) is 4.87. The van der Waals surface area contributed by atoms with E-state index < -0.39 is 11.7 Å². The van der Waals surface area contributed by atoms with E-state index in [1.807, 2.05) is 13.0 Å². The van der Waals surface area contributed by atoms with Gasteiger partial charge in [-0.1, -0.05) is 18.2 Å². The molecule has 9 heteroatoms. The molecule has 1 aromatic carbocycles. The fourth-order valence-electron chi connectivity index (χ4n) is 3.40. The van der Waals surface area contributed by atoms with Crippen molar-refractivity contribution in [2.24, 2.45) is 0 Å². The number of aryl methyl sites for hydroxylation is 1. The highest BCUT2D eigenvalue weighted by Gasteiger charge is 2.30. The normalized spacial score (nSPS) is 14.5. The molecule has 0 spiro atoms. The lowest BCUT2D eigenvalue weighted by molar-refractivity contribution is -0.137. The van der Waals surface area contributed by atoms with Crippen molar-refractivity contribution < 1.29 is 18.0 Å². The Kier molecular flexibility index (Phi) is 7.12. The lowest BCUT2D eigenvalue weighted by Gasteiger charge is -2.28. The number of aromatic nitrogens is 2. The maximum absolute atomic E-state index is 12.8. The Morgan fingerprint density at radius 1 is 1.10 bits per heavy atom. The largest absolute Gasteiger partial charge is 0.416 e. The minimum atomic E-state index is -4.42. The van der Waals surface area contributed by atoms with Crippen LogP contribution in [0, 0.1) is 6.92 Å². The van der Waals surface area contributed by atoms with Crippen LogP contribution in [-0.2, 0) is 17.4 Å². The van der Waals surface area contributed by atoms with Crippen LogP contribution in [0.2, 0.25) is 0 Å². The van der Waals surface area contributed by atoms with Crippen molar-refractivity contribution in [2.45, 2.75) is 38.8 Å². The highest BCUT2D eigenvalue weighted by Crippen LogP contribution is 2.29. The number of carbonyl (C=O) groups is 1. The molecule has 2 N–H and O–H groups in total. The molecule has 1 amide bonds. The summed E-state index contributed by atoms with van der Waals surface area (Å²) in [6.45, 7) is 4.62. The maximum atomic E-state index is 12.8. The smallest absolute Gasteiger partial charge is 0.356 e. The van der Waals surface area contributed by atoms with Crippen LogP contribution in [0.3, 0.4) is 0 Å². The Morgan fingerprint density at radius 3 is 2.60 bits per heavy atom. The van der Waals surface area contributed by atoms with Gasteiger partial charge in [-0.15, -0.1) is 0 Å². The van der Waals surface area contributed by atoms with Gasteiger partial charge in [0.25, 0.3) is 0 Å². The number of halogens is 3. The van der Waals surface area contributed by atoms with E-state index in [1.54, 1.807) is 0 Å². The number of rotatable bonds is 7. The van der Waals surface area contributed by atoms with Gasteiger partial charge < -0.3 is 15.5 Å². The molecule has 0 bridgehead atoms. The predicted molar refractivity (Wildman–Crippen MR) is 109 cm³/mol. The fourth-order valence-corrected chi connectivity index (χ4v) is 3.40. The summed E-state index contributed by atoms with van der Waals surface area (Å²) in [4.78, 5) is 23.2. The van der Waals surface area contributed by atoms with Crippen molar-refractivity contribution in [3.8, 4) is 0 Å². The molecule has 0 saturated carbocycles. The maximum Gasteiger partial charge on any atom is 0.416 e. The molecule has 1 aromatic heterocycles. The summed E-state index contributed by atoms with van der Waals surface area (Å²) in [5.74, 6) is 1.07. The van der Waals surface area contributed by atoms with Crippen LogP contribution in [0.15, 0.2) is 30.3 Å². The van der Waals surface area contributed by atoms with Gasteiger partial charge in [0.05, 0.1) is 12.0 Å². The van der Waals surface area contributed by atoms with Crippen LogP contribution in [0.4, 0.5) is 24.9 Å². The van der Waals surface area contributed by atoms with Crippen molar-refractivity contribution in [2.75, 3.05) is 36.4 Å². The minimum absolute atomic E-state index is 0.107. The zero-order valence-corrected chi connectivity index (χ0v) is 16.9. The number of nitrogens with one attached hydrogen (secondary N) is 2. The molecule has 0 atom stereocenters. The Hall–Kier alpha value is -2.84. The van der Waals surface area contributed by atoms with Gasteiger partial charge >= 0.3 is 6.18 Å². The second kappa shape index (κ2) is 9.77. The average Bonchev–Trinajstić information content (AvgIpc) is 2.71. The molecule has 0 aliphatic carbocycles. The average molecular weight is 421 g/mol. The second-order valence-corrected chi connectivity index (χ2v) is 7.39. The predicted octanol–water partition coefficient (Wildman–Crippen LogP) is 3.56. The molecule has 2 aromatic rings. The van der Waals surface area contributed by atoms with E-state index in [4.69, 9.17) is 0 Å². The first kappa shape index (κ1) is 21.9. The fraction of sp³-hybridized carbons (Fsp3) is 0.476. The second-order valence-electron chi connectivity index (χ2n) is 7.39. The standard InChI is InChI=1S/C21H26F3N5O/c1-15-12-18(29-10-3-2-4-11-29)28-20(27-15)26-9-8-25-19(30)14-16-6-5-7-17(13-16)21(22,23)24/h5-7,12-13H,2-4,8-11,14H2,1H3,(H,25,30)(H,26,27,28). The molecular formula is C21H26F3N5O. The number of hydrogen-bond acceptors (Lipinski definition) is 5. The van der Waals surface area contributed by atoms with Crippen LogP contribution in [0.5, 0.6) is 0 Å².